The summed E-state index contributed by atoms with van der Waals surface area (Å²) in [5.41, 5.74) is 0.462. The number of aromatic nitrogens is 2. The average Bonchev–Trinajstić information content (AvgIpc) is 3.06. The van der Waals surface area contributed by atoms with Crippen molar-refractivity contribution in [3.8, 4) is 11.4 Å². The molecule has 0 fully saturated rings. The molecule has 25 heavy (non-hydrogen) atoms. The van der Waals surface area contributed by atoms with E-state index in [2.05, 4.69) is 10.4 Å². The summed E-state index contributed by atoms with van der Waals surface area (Å²) < 4.78 is 7.48. The number of rotatable bonds is 5. The maximum atomic E-state index is 12.6. The van der Waals surface area contributed by atoms with Crippen molar-refractivity contribution in [3.05, 3.63) is 72.0 Å². The van der Waals surface area contributed by atoms with Crippen molar-refractivity contribution in [1.82, 2.24) is 9.78 Å². The van der Waals surface area contributed by atoms with Crippen molar-refractivity contribution in [2.75, 3.05) is 5.32 Å². The Morgan fingerprint density at radius 3 is 2.48 bits per heavy atom. The molecule has 0 bridgehead atoms. The quantitative estimate of drug-likeness (QED) is 0.741. The minimum Gasteiger partial charge on any atom is -0.478 e. The van der Waals surface area contributed by atoms with Gasteiger partial charge in [0, 0.05) is 5.02 Å². The van der Waals surface area contributed by atoms with Crippen LogP contribution >= 0.6 is 11.6 Å². The van der Waals surface area contributed by atoms with Gasteiger partial charge in [-0.1, -0.05) is 29.8 Å². The van der Waals surface area contributed by atoms with Crippen LogP contribution in [0.3, 0.4) is 0 Å². The number of anilines is 1. The first kappa shape index (κ1) is 17.0. The maximum Gasteiger partial charge on any atom is 0.268 e. The summed E-state index contributed by atoms with van der Waals surface area (Å²) in [6.07, 6.45) is 3.36. The molecule has 0 radical (unpaired) electrons. The molecule has 3 aromatic rings. The van der Waals surface area contributed by atoms with Gasteiger partial charge in [-0.05, 0) is 50.2 Å². The van der Waals surface area contributed by atoms with E-state index in [1.54, 1.807) is 55.2 Å². The number of carbonyl (C=O) groups is 1. The Bertz CT molecular complexity index is 858. The lowest BCUT2D eigenvalue weighted by molar-refractivity contribution is -0.128. The normalized spacial score (nSPS) is 11.2. The van der Waals surface area contributed by atoms with Gasteiger partial charge in [0.1, 0.15) is 5.75 Å². The summed E-state index contributed by atoms with van der Waals surface area (Å²) in [5.74, 6) is 0.305. The zero-order valence-corrected chi connectivity index (χ0v) is 14.7. The summed E-state index contributed by atoms with van der Waals surface area (Å²) in [6.45, 7) is 3.41. The van der Waals surface area contributed by atoms with E-state index in [0.717, 1.165) is 5.69 Å². The molecular weight excluding hydrogens is 338 g/mol. The predicted octanol–water partition coefficient (Wildman–Crippen LogP) is 4.32. The number of benzene rings is 2. The Hall–Kier alpha value is -2.79. The lowest BCUT2D eigenvalue weighted by Crippen LogP contribution is -2.42. The van der Waals surface area contributed by atoms with Crippen molar-refractivity contribution in [3.63, 3.8) is 0 Å². The fourth-order valence-electron chi connectivity index (χ4n) is 2.23. The topological polar surface area (TPSA) is 56.1 Å². The smallest absolute Gasteiger partial charge is 0.268 e. The van der Waals surface area contributed by atoms with E-state index in [0.29, 0.717) is 16.5 Å². The highest BCUT2D eigenvalue weighted by atomic mass is 35.5. The molecule has 0 aliphatic heterocycles. The van der Waals surface area contributed by atoms with Crippen molar-refractivity contribution in [1.29, 1.82) is 0 Å². The fourth-order valence-corrected chi connectivity index (χ4v) is 2.36. The number of carbonyl (C=O) groups excluding carboxylic acids is 1. The van der Waals surface area contributed by atoms with Gasteiger partial charge >= 0.3 is 0 Å². The van der Waals surface area contributed by atoms with E-state index < -0.39 is 5.60 Å². The van der Waals surface area contributed by atoms with E-state index in [1.165, 1.54) is 0 Å². The fraction of sp³-hybridized carbons (Fsp3) is 0.158. The Morgan fingerprint density at radius 1 is 1.12 bits per heavy atom. The Kier molecular flexibility index (Phi) is 4.76. The standard InChI is InChI=1S/C19H18ClN3O2/c1-19(2,25-17-10-8-14(20)9-11-17)18(24)22-15-12-21-23(13-15)16-6-4-3-5-7-16/h3-13H,1-2H3,(H,22,24). The second-order valence-electron chi connectivity index (χ2n) is 6.03. The largest absolute Gasteiger partial charge is 0.478 e. The Morgan fingerprint density at radius 2 is 1.80 bits per heavy atom. The van der Waals surface area contributed by atoms with E-state index in [1.807, 2.05) is 30.3 Å². The van der Waals surface area contributed by atoms with Crippen LogP contribution in [0.4, 0.5) is 5.69 Å². The maximum absolute atomic E-state index is 12.6. The number of nitrogens with one attached hydrogen (secondary N) is 1. The van der Waals surface area contributed by atoms with Gasteiger partial charge in [0.05, 0.1) is 23.8 Å². The molecule has 0 aliphatic rings. The first-order chi connectivity index (χ1) is 11.9. The Balaban J connectivity index is 1.68. The molecule has 3 rings (SSSR count). The molecule has 1 aromatic heterocycles. The second-order valence-corrected chi connectivity index (χ2v) is 6.47. The van der Waals surface area contributed by atoms with Crippen molar-refractivity contribution >= 4 is 23.2 Å². The Labute approximate surface area is 151 Å². The second kappa shape index (κ2) is 6.99. The monoisotopic (exact) mass is 355 g/mol. The minimum absolute atomic E-state index is 0.268. The van der Waals surface area contributed by atoms with Crippen LogP contribution in [-0.4, -0.2) is 21.3 Å². The van der Waals surface area contributed by atoms with Crippen LogP contribution in [0.15, 0.2) is 67.0 Å². The van der Waals surface area contributed by atoms with Crippen LogP contribution in [0.2, 0.25) is 5.02 Å². The number of hydrogen-bond donors (Lipinski definition) is 1. The number of nitrogens with zero attached hydrogens (tertiary/aromatic N) is 2. The third-order valence-corrected chi connectivity index (χ3v) is 3.85. The van der Waals surface area contributed by atoms with E-state index in [9.17, 15) is 4.79 Å². The molecule has 6 heteroatoms. The van der Waals surface area contributed by atoms with Crippen molar-refractivity contribution < 1.29 is 9.53 Å². The van der Waals surface area contributed by atoms with Crippen LogP contribution < -0.4 is 10.1 Å². The van der Waals surface area contributed by atoms with Gasteiger partial charge in [0.2, 0.25) is 0 Å². The first-order valence-electron chi connectivity index (χ1n) is 7.80. The van der Waals surface area contributed by atoms with E-state index in [4.69, 9.17) is 16.3 Å². The van der Waals surface area contributed by atoms with Gasteiger partial charge in [-0.15, -0.1) is 0 Å². The molecule has 0 spiro atoms. The summed E-state index contributed by atoms with van der Waals surface area (Å²) >= 11 is 5.86. The summed E-state index contributed by atoms with van der Waals surface area (Å²) in [5, 5.41) is 7.71. The molecular formula is C19H18ClN3O2. The van der Waals surface area contributed by atoms with Crippen molar-refractivity contribution in [2.24, 2.45) is 0 Å². The van der Waals surface area contributed by atoms with Crippen LogP contribution in [0.25, 0.3) is 5.69 Å². The molecule has 0 atom stereocenters. The zero-order valence-electron chi connectivity index (χ0n) is 13.9. The molecule has 0 unspecified atom stereocenters. The van der Waals surface area contributed by atoms with Crippen LogP contribution in [0.1, 0.15) is 13.8 Å². The van der Waals surface area contributed by atoms with Crippen LogP contribution in [0, 0.1) is 0 Å². The number of hydrogen-bond acceptors (Lipinski definition) is 3. The molecule has 0 saturated carbocycles. The molecule has 2 aromatic carbocycles. The molecule has 1 heterocycles. The minimum atomic E-state index is -1.05. The van der Waals surface area contributed by atoms with Crippen LogP contribution in [0.5, 0.6) is 5.75 Å². The van der Waals surface area contributed by atoms with Crippen LogP contribution in [-0.2, 0) is 4.79 Å². The van der Waals surface area contributed by atoms with Gasteiger partial charge in [0.15, 0.2) is 5.60 Å². The number of amides is 1. The molecule has 1 amide bonds. The van der Waals surface area contributed by atoms with Gasteiger partial charge in [-0.25, -0.2) is 4.68 Å². The van der Waals surface area contributed by atoms with Gasteiger partial charge < -0.3 is 10.1 Å². The third kappa shape index (κ3) is 4.19. The summed E-state index contributed by atoms with van der Waals surface area (Å²) in [7, 11) is 0. The van der Waals surface area contributed by atoms with E-state index >= 15 is 0 Å². The SMILES string of the molecule is CC(C)(Oc1ccc(Cl)cc1)C(=O)Nc1cnn(-c2ccccc2)c1. The summed E-state index contributed by atoms with van der Waals surface area (Å²) in [6, 6.07) is 16.6. The summed E-state index contributed by atoms with van der Waals surface area (Å²) in [4.78, 5) is 12.6. The highest BCUT2D eigenvalue weighted by Gasteiger charge is 2.30. The van der Waals surface area contributed by atoms with Gasteiger partial charge in [0.25, 0.3) is 5.91 Å². The lowest BCUT2D eigenvalue weighted by atomic mass is 10.1. The molecule has 128 valence electrons. The molecule has 0 aliphatic carbocycles. The average molecular weight is 356 g/mol. The third-order valence-electron chi connectivity index (χ3n) is 3.59. The highest BCUT2D eigenvalue weighted by molar-refractivity contribution is 6.30. The van der Waals surface area contributed by atoms with Gasteiger partial charge in [-0.3, -0.25) is 4.79 Å². The van der Waals surface area contributed by atoms with Gasteiger partial charge in [-0.2, -0.15) is 5.10 Å². The molecule has 1 N–H and O–H groups in total. The lowest BCUT2D eigenvalue weighted by Gasteiger charge is -2.25. The highest BCUT2D eigenvalue weighted by Crippen LogP contribution is 2.22. The molecule has 5 nitrogen and oxygen atoms in total. The number of halogens is 1. The predicted molar refractivity (Wildman–Crippen MR) is 98.4 cm³/mol. The van der Waals surface area contributed by atoms with Crippen molar-refractivity contribution in [2.45, 2.75) is 19.4 Å². The first-order valence-corrected chi connectivity index (χ1v) is 8.18. The van der Waals surface area contributed by atoms with E-state index in [-0.39, 0.29) is 5.91 Å². The number of ether oxygens (including phenoxy) is 1. The molecule has 0 saturated heterocycles. The number of para-hydroxylation sites is 1. The zero-order chi connectivity index (χ0) is 17.9.